The Bertz CT molecular complexity index is 706. The van der Waals surface area contributed by atoms with Crippen LogP contribution in [0.5, 0.6) is 0 Å². The monoisotopic (exact) mass is 399 g/mol. The van der Waals surface area contributed by atoms with Gasteiger partial charge in [-0.3, -0.25) is 14.5 Å². The number of nitrogens with zero attached hydrogens (tertiary/aromatic N) is 1. The minimum absolute atomic E-state index is 0. The summed E-state index contributed by atoms with van der Waals surface area (Å²) in [5, 5.41) is 0. The van der Waals surface area contributed by atoms with Gasteiger partial charge in [-0.2, -0.15) is 0 Å². The molecule has 0 radical (unpaired) electrons. The molecule has 0 aromatic rings. The molecular weight excluding hydrogens is 358 g/mol. The Hall–Kier alpha value is -1.40. The summed E-state index contributed by atoms with van der Waals surface area (Å²) in [6, 6.07) is 0. The fraction of sp³-hybridized carbons (Fsp3) is 0.769. The van der Waals surface area contributed by atoms with Gasteiger partial charge in [0, 0.05) is 18.8 Å². The molecule has 0 N–H and O–H groups in total. The second-order valence-electron chi connectivity index (χ2n) is 9.21. The highest BCUT2D eigenvalue weighted by Gasteiger charge is 2.56. The molecule has 2 saturated carbocycles. The average Bonchev–Trinajstić information content (AvgIpc) is 3.21. The number of hydrogen-bond acceptors (Lipinski definition) is 3. The first-order chi connectivity index (χ1) is 13.4. The maximum atomic E-state index is 12.3. The topological polar surface area (TPSA) is 37.4 Å². The quantitative estimate of drug-likeness (QED) is 0.551. The van der Waals surface area contributed by atoms with Crippen LogP contribution in [0.2, 0.25) is 0 Å². The highest BCUT2D eigenvalue weighted by Crippen LogP contribution is 2.62. The van der Waals surface area contributed by atoms with Gasteiger partial charge >= 0.3 is 0 Å². The minimum atomic E-state index is -0.126. The van der Waals surface area contributed by atoms with Crippen molar-refractivity contribution in [3.63, 3.8) is 0 Å². The lowest BCUT2D eigenvalue weighted by Crippen LogP contribution is -2.51. The summed E-state index contributed by atoms with van der Waals surface area (Å²) in [4.78, 5) is 27.0. The van der Waals surface area contributed by atoms with Crippen LogP contribution in [0.4, 0.5) is 0 Å². The van der Waals surface area contributed by atoms with E-state index >= 15 is 0 Å². The van der Waals surface area contributed by atoms with Crippen molar-refractivity contribution in [2.45, 2.75) is 86.5 Å². The van der Waals surface area contributed by atoms with E-state index in [0.29, 0.717) is 24.5 Å². The molecule has 1 saturated heterocycles. The Balaban J connectivity index is 0.000000970. The van der Waals surface area contributed by atoms with E-state index < -0.39 is 0 Å². The van der Waals surface area contributed by atoms with Crippen LogP contribution >= 0.6 is 0 Å². The SMILES string of the molecule is C.CC.CC1C(=O)CCC2(C)C3=CC(=O)CCC3(C#CCN3CCCC3)CCC12. The van der Waals surface area contributed by atoms with Crippen LogP contribution in [0.15, 0.2) is 11.6 Å². The van der Waals surface area contributed by atoms with Gasteiger partial charge in [0.1, 0.15) is 5.78 Å². The third kappa shape index (κ3) is 4.38. The average molecular weight is 400 g/mol. The molecule has 3 nitrogen and oxygen atoms in total. The number of ketones is 2. The van der Waals surface area contributed by atoms with E-state index in [1.165, 1.54) is 31.5 Å². The molecule has 4 atom stereocenters. The van der Waals surface area contributed by atoms with Crippen molar-refractivity contribution in [1.82, 2.24) is 4.90 Å². The lowest BCUT2D eigenvalue weighted by Gasteiger charge is -2.56. The molecule has 4 rings (SSSR count). The van der Waals surface area contributed by atoms with Crippen LogP contribution in [0.1, 0.15) is 86.5 Å². The summed E-state index contributed by atoms with van der Waals surface area (Å²) in [5.41, 5.74) is 1.11. The molecule has 1 heterocycles. The second-order valence-corrected chi connectivity index (χ2v) is 9.21. The van der Waals surface area contributed by atoms with Crippen LogP contribution in [-0.2, 0) is 9.59 Å². The largest absolute Gasteiger partial charge is 0.299 e. The highest BCUT2D eigenvalue weighted by atomic mass is 16.1. The zero-order valence-electron chi connectivity index (χ0n) is 18.3. The molecule has 0 spiro atoms. The van der Waals surface area contributed by atoms with Gasteiger partial charge in [-0.15, -0.1) is 0 Å². The third-order valence-corrected chi connectivity index (χ3v) is 7.77. The van der Waals surface area contributed by atoms with Crippen molar-refractivity contribution < 1.29 is 9.59 Å². The first-order valence-corrected chi connectivity index (χ1v) is 11.5. The number of hydrogen-bond donors (Lipinski definition) is 0. The van der Waals surface area contributed by atoms with Crippen molar-refractivity contribution >= 4 is 11.6 Å². The number of Topliss-reactive ketones (excluding diaryl/α,β-unsaturated/α-hetero) is 1. The Kier molecular flexibility index (Phi) is 7.91. The van der Waals surface area contributed by atoms with Crippen LogP contribution in [-0.4, -0.2) is 36.1 Å². The van der Waals surface area contributed by atoms with E-state index in [1.54, 1.807) is 0 Å². The van der Waals surface area contributed by atoms with E-state index in [9.17, 15) is 9.59 Å². The molecule has 0 bridgehead atoms. The molecular formula is C26H41NO2. The maximum Gasteiger partial charge on any atom is 0.155 e. The first-order valence-electron chi connectivity index (χ1n) is 11.5. The van der Waals surface area contributed by atoms with Crippen molar-refractivity contribution in [3.8, 4) is 11.8 Å². The van der Waals surface area contributed by atoms with E-state index in [-0.39, 0.29) is 30.0 Å². The zero-order chi connectivity index (χ0) is 20.4. The van der Waals surface area contributed by atoms with Crippen molar-refractivity contribution in [2.75, 3.05) is 19.6 Å². The minimum Gasteiger partial charge on any atom is -0.299 e. The van der Waals surface area contributed by atoms with Gasteiger partial charge in [0.25, 0.3) is 0 Å². The fourth-order valence-electron chi connectivity index (χ4n) is 6.14. The molecule has 0 aromatic carbocycles. The van der Waals surface area contributed by atoms with Gasteiger partial charge in [-0.1, -0.05) is 47.0 Å². The number of fused-ring (bicyclic) bond motifs is 3. The summed E-state index contributed by atoms with van der Waals surface area (Å²) < 4.78 is 0. The highest BCUT2D eigenvalue weighted by molar-refractivity contribution is 5.92. The molecule has 3 fully saturated rings. The standard InChI is InChI=1S/C23H31NO2.C2H6.CH4/c1-17-19-7-12-23(9-5-15-24-13-3-4-14-24)11-6-18(25)16-21(23)22(19,2)10-8-20(17)26;1-2;/h16-17,19H,3-4,6-8,10-15H2,1-2H3;1-2H3;1H4. The van der Waals surface area contributed by atoms with E-state index in [4.69, 9.17) is 0 Å². The zero-order valence-corrected chi connectivity index (χ0v) is 18.3. The molecule has 3 heteroatoms. The fourth-order valence-corrected chi connectivity index (χ4v) is 6.14. The van der Waals surface area contributed by atoms with Crippen LogP contribution in [0, 0.1) is 34.5 Å². The summed E-state index contributed by atoms with van der Waals surface area (Å²) in [6.45, 7) is 11.6. The lowest BCUT2D eigenvalue weighted by atomic mass is 9.47. The Labute approximate surface area is 178 Å². The molecule has 0 aromatic heterocycles. The normalized spacial score (nSPS) is 36.3. The molecule has 4 aliphatic rings. The lowest BCUT2D eigenvalue weighted by molar-refractivity contribution is -0.131. The van der Waals surface area contributed by atoms with Crippen LogP contribution in [0.25, 0.3) is 0 Å². The summed E-state index contributed by atoms with van der Waals surface area (Å²) in [6.07, 6.45) is 9.61. The van der Waals surface area contributed by atoms with Gasteiger partial charge in [0.2, 0.25) is 0 Å². The molecule has 29 heavy (non-hydrogen) atoms. The molecule has 1 aliphatic heterocycles. The Morgan fingerprint density at radius 2 is 1.79 bits per heavy atom. The van der Waals surface area contributed by atoms with Gasteiger partial charge in [0.15, 0.2) is 5.78 Å². The summed E-state index contributed by atoms with van der Waals surface area (Å²) in [7, 11) is 0. The van der Waals surface area contributed by atoms with Gasteiger partial charge in [0.05, 0.1) is 12.0 Å². The molecule has 3 aliphatic carbocycles. The van der Waals surface area contributed by atoms with E-state index in [0.717, 1.165) is 32.2 Å². The second kappa shape index (κ2) is 9.61. The molecule has 0 amide bonds. The molecule has 4 unspecified atom stereocenters. The van der Waals surface area contributed by atoms with Gasteiger partial charge in [-0.05, 0) is 74.6 Å². The van der Waals surface area contributed by atoms with Crippen molar-refractivity contribution in [3.05, 3.63) is 11.6 Å². The maximum absolute atomic E-state index is 12.3. The Morgan fingerprint density at radius 1 is 1.10 bits per heavy atom. The predicted molar refractivity (Wildman–Crippen MR) is 121 cm³/mol. The predicted octanol–water partition coefficient (Wildman–Crippen LogP) is 5.44. The number of carbonyl (C=O) groups is 2. The van der Waals surface area contributed by atoms with E-state index in [1.807, 2.05) is 19.9 Å². The smallest absolute Gasteiger partial charge is 0.155 e. The van der Waals surface area contributed by atoms with Crippen LogP contribution < -0.4 is 0 Å². The van der Waals surface area contributed by atoms with Crippen LogP contribution in [0.3, 0.4) is 0 Å². The summed E-state index contributed by atoms with van der Waals surface area (Å²) in [5.74, 6) is 8.30. The van der Waals surface area contributed by atoms with Gasteiger partial charge in [-0.25, -0.2) is 0 Å². The number of likely N-dealkylation sites (tertiary alicyclic amines) is 1. The third-order valence-electron chi connectivity index (χ3n) is 7.77. The van der Waals surface area contributed by atoms with Crippen molar-refractivity contribution in [2.24, 2.45) is 22.7 Å². The first kappa shape index (κ1) is 23.9. The number of rotatable bonds is 1. The summed E-state index contributed by atoms with van der Waals surface area (Å²) >= 11 is 0. The number of allylic oxidation sites excluding steroid dienone is 2. The van der Waals surface area contributed by atoms with Gasteiger partial charge < -0.3 is 0 Å². The Morgan fingerprint density at radius 3 is 2.48 bits per heavy atom. The van der Waals surface area contributed by atoms with E-state index in [2.05, 4.69) is 30.6 Å². The van der Waals surface area contributed by atoms with Crippen molar-refractivity contribution in [1.29, 1.82) is 0 Å². The number of carbonyl (C=O) groups excluding carboxylic acids is 2. The molecule has 162 valence electrons.